The lowest BCUT2D eigenvalue weighted by Crippen LogP contribution is -2.29. The van der Waals surface area contributed by atoms with Crippen LogP contribution in [0.5, 0.6) is 0 Å². The van der Waals surface area contributed by atoms with E-state index in [-0.39, 0.29) is 11.2 Å². The molecule has 1 aromatic rings. The average molecular weight is 363 g/mol. The van der Waals surface area contributed by atoms with Gasteiger partial charge in [-0.15, -0.1) is 0 Å². The molecule has 0 amide bonds. The van der Waals surface area contributed by atoms with Gasteiger partial charge in [0.2, 0.25) is 5.28 Å². The number of hydrogen-bond acceptors (Lipinski definition) is 5. The van der Waals surface area contributed by atoms with Crippen LogP contribution in [0, 0.1) is 0 Å². The van der Waals surface area contributed by atoms with Crippen LogP contribution in [0.25, 0.3) is 0 Å². The van der Waals surface area contributed by atoms with Gasteiger partial charge in [-0.1, -0.05) is 27.7 Å². The van der Waals surface area contributed by atoms with E-state index in [4.69, 9.17) is 20.5 Å². The normalized spacial score (nSPS) is 19.8. The number of nitrogens with zero attached hydrogens (tertiary/aromatic N) is 2. The molecule has 3 heterocycles. The van der Waals surface area contributed by atoms with E-state index in [0.717, 1.165) is 54.6 Å². The molecule has 0 radical (unpaired) electrons. The zero-order chi connectivity index (χ0) is 17.2. The number of ether oxygens (including phenoxy) is 1. The Labute approximate surface area is 148 Å². The molecule has 1 atom stereocenters. The summed E-state index contributed by atoms with van der Waals surface area (Å²) in [5, 5.41) is 3.81. The first-order valence-corrected chi connectivity index (χ1v) is 10.1. The Morgan fingerprint density at radius 2 is 1.83 bits per heavy atom. The fourth-order valence-electron chi connectivity index (χ4n) is 2.47. The maximum atomic E-state index is 6.01. The molecule has 23 heavy (non-hydrogen) atoms. The van der Waals surface area contributed by atoms with Crippen molar-refractivity contribution < 1.29 is 8.92 Å². The third kappa shape index (κ3) is 5.48. The Hall–Kier alpha value is -0.560. The largest absolute Gasteiger partial charge is 0.381 e. The molecule has 132 valence electrons. The van der Waals surface area contributed by atoms with Gasteiger partial charge in [-0.05, 0) is 24.4 Å². The second-order valence-electron chi connectivity index (χ2n) is 4.61. The molecule has 3 rings (SSSR count). The summed E-state index contributed by atoms with van der Waals surface area (Å²) in [7, 11) is 1.74. The van der Waals surface area contributed by atoms with E-state index in [2.05, 4.69) is 15.3 Å². The molecular formula is C16H29ClN3O2S+. The first kappa shape index (κ1) is 20.5. The van der Waals surface area contributed by atoms with Crippen molar-refractivity contribution in [2.24, 2.45) is 0 Å². The number of aryl methyl sites for hydroxylation is 1. The van der Waals surface area contributed by atoms with Gasteiger partial charge in [0, 0.05) is 25.7 Å². The van der Waals surface area contributed by atoms with Crippen LogP contribution in [-0.2, 0) is 26.5 Å². The van der Waals surface area contributed by atoms with Crippen LogP contribution >= 0.6 is 11.6 Å². The molecule has 1 aromatic heterocycles. The monoisotopic (exact) mass is 362 g/mol. The number of anilines is 1. The van der Waals surface area contributed by atoms with Crippen LogP contribution in [0.1, 0.15) is 46.2 Å². The summed E-state index contributed by atoms with van der Waals surface area (Å²) in [5.74, 6) is 1.83. The molecule has 7 heteroatoms. The number of hydrogen-bond donors (Lipinski definition) is 1. The maximum absolute atomic E-state index is 6.01. The second-order valence-corrected chi connectivity index (χ2v) is 6.79. The van der Waals surface area contributed by atoms with Crippen molar-refractivity contribution in [3.8, 4) is 0 Å². The summed E-state index contributed by atoms with van der Waals surface area (Å²) in [6.45, 7) is 9.60. The van der Waals surface area contributed by atoms with E-state index in [9.17, 15) is 0 Å². The van der Waals surface area contributed by atoms with Gasteiger partial charge in [0.15, 0.2) is 22.7 Å². The fraction of sp³-hybridized carbons (Fsp3) is 0.750. The molecule has 0 aliphatic carbocycles. The lowest BCUT2D eigenvalue weighted by atomic mass is 10.1. The van der Waals surface area contributed by atoms with Crippen molar-refractivity contribution in [3.05, 3.63) is 11.0 Å². The Bertz CT molecular complexity index is 471. The minimum Gasteiger partial charge on any atom is -0.381 e. The van der Waals surface area contributed by atoms with Gasteiger partial charge in [0.25, 0.3) is 4.90 Å². The Balaban J connectivity index is 0.000000615. The molecule has 2 aliphatic rings. The van der Waals surface area contributed by atoms with Gasteiger partial charge in [0.05, 0.1) is 7.11 Å². The average Bonchev–Trinajstić information content (AvgIpc) is 3.02. The van der Waals surface area contributed by atoms with Gasteiger partial charge in [-0.25, -0.2) is 4.98 Å². The quantitative estimate of drug-likeness (QED) is 0.653. The smallest absolute Gasteiger partial charge is 0.253 e. The van der Waals surface area contributed by atoms with E-state index < -0.39 is 0 Å². The van der Waals surface area contributed by atoms with Crippen LogP contribution in [0.4, 0.5) is 5.82 Å². The van der Waals surface area contributed by atoms with Crippen molar-refractivity contribution in [1.29, 1.82) is 0 Å². The topological polar surface area (TPSA) is 56.3 Å². The van der Waals surface area contributed by atoms with Crippen LogP contribution in [0.3, 0.4) is 0 Å². The summed E-state index contributed by atoms with van der Waals surface area (Å²) in [5.41, 5.74) is 1.03. The highest BCUT2D eigenvalue weighted by atomic mass is 35.5. The summed E-state index contributed by atoms with van der Waals surface area (Å²) < 4.78 is 10.9. The zero-order valence-corrected chi connectivity index (χ0v) is 16.4. The molecule has 1 saturated heterocycles. The molecule has 1 unspecified atom stereocenters. The highest BCUT2D eigenvalue weighted by Crippen LogP contribution is 2.34. The maximum Gasteiger partial charge on any atom is 0.253 e. The van der Waals surface area contributed by atoms with Crippen molar-refractivity contribution in [2.75, 3.05) is 31.4 Å². The first-order valence-electron chi connectivity index (χ1n) is 8.44. The van der Waals surface area contributed by atoms with Crippen molar-refractivity contribution >= 4 is 28.6 Å². The Morgan fingerprint density at radius 1 is 1.17 bits per heavy atom. The first-order chi connectivity index (χ1) is 11.3. The fourth-order valence-corrected chi connectivity index (χ4v) is 4.30. The Kier molecular flexibility index (Phi) is 9.86. The zero-order valence-electron chi connectivity index (χ0n) is 14.8. The SMILES string of the molecule is CC.CC.CO[S+]1CCc2nc(Cl)nc(NC3CCOCC3)c21. The molecule has 0 bridgehead atoms. The van der Waals surface area contributed by atoms with Gasteiger partial charge in [-0.2, -0.15) is 9.17 Å². The molecule has 0 spiro atoms. The number of nitrogens with one attached hydrogen (secondary N) is 1. The molecule has 1 N–H and O–H groups in total. The predicted octanol–water partition coefficient (Wildman–Crippen LogP) is 3.87. The molecule has 5 nitrogen and oxygen atoms in total. The lowest BCUT2D eigenvalue weighted by molar-refractivity contribution is 0.0903. The van der Waals surface area contributed by atoms with Crippen LogP contribution in [-0.4, -0.2) is 42.1 Å². The van der Waals surface area contributed by atoms with E-state index in [1.807, 2.05) is 27.7 Å². The van der Waals surface area contributed by atoms with Gasteiger partial charge in [0.1, 0.15) is 5.69 Å². The number of aromatic nitrogens is 2. The second kappa shape index (κ2) is 11.1. The van der Waals surface area contributed by atoms with E-state index in [1.165, 1.54) is 0 Å². The number of fused-ring (bicyclic) bond motifs is 1. The molecular weight excluding hydrogens is 334 g/mol. The lowest BCUT2D eigenvalue weighted by Gasteiger charge is -2.23. The molecule has 1 fully saturated rings. The molecule has 0 saturated carbocycles. The standard InChI is InChI=1S/C12H17ClN3O2S.2C2H6/c1-17-19-7-4-9-10(19)11(16-12(13)15-9)14-8-2-5-18-6-3-8;2*1-2/h8H,2-7H2,1H3,(H,14,15,16);2*1-2H3/q+1;;. The van der Waals surface area contributed by atoms with Gasteiger partial charge in [-0.3, -0.25) is 0 Å². The molecule has 2 aliphatic heterocycles. The molecule has 0 aromatic carbocycles. The van der Waals surface area contributed by atoms with E-state index in [1.54, 1.807) is 7.11 Å². The Morgan fingerprint density at radius 3 is 2.43 bits per heavy atom. The highest BCUT2D eigenvalue weighted by Gasteiger charge is 2.40. The highest BCUT2D eigenvalue weighted by molar-refractivity contribution is 7.92. The summed E-state index contributed by atoms with van der Waals surface area (Å²) in [6, 6.07) is 0.395. The minimum atomic E-state index is -0.211. The van der Waals surface area contributed by atoms with Crippen LogP contribution < -0.4 is 5.32 Å². The minimum absolute atomic E-state index is 0.211. The van der Waals surface area contributed by atoms with Crippen molar-refractivity contribution in [3.63, 3.8) is 0 Å². The summed E-state index contributed by atoms with van der Waals surface area (Å²) >= 11 is 5.80. The van der Waals surface area contributed by atoms with Crippen molar-refractivity contribution in [1.82, 2.24) is 9.97 Å². The summed E-state index contributed by atoms with van der Waals surface area (Å²) in [6.07, 6.45) is 2.91. The van der Waals surface area contributed by atoms with Gasteiger partial charge < -0.3 is 10.1 Å². The predicted molar refractivity (Wildman–Crippen MR) is 98.4 cm³/mol. The van der Waals surface area contributed by atoms with Crippen LogP contribution in [0.15, 0.2) is 4.90 Å². The van der Waals surface area contributed by atoms with E-state index >= 15 is 0 Å². The number of halogens is 1. The van der Waals surface area contributed by atoms with Gasteiger partial charge >= 0.3 is 0 Å². The number of rotatable bonds is 3. The summed E-state index contributed by atoms with van der Waals surface area (Å²) in [4.78, 5) is 9.80. The van der Waals surface area contributed by atoms with Crippen LogP contribution in [0.2, 0.25) is 5.28 Å². The van der Waals surface area contributed by atoms with E-state index in [0.29, 0.717) is 11.3 Å². The van der Waals surface area contributed by atoms with Crippen molar-refractivity contribution in [2.45, 2.75) is 57.9 Å². The third-order valence-corrected chi connectivity index (χ3v) is 5.45. The third-order valence-electron chi connectivity index (χ3n) is 3.42.